The van der Waals surface area contributed by atoms with E-state index in [0.29, 0.717) is 6.04 Å². The van der Waals surface area contributed by atoms with E-state index in [2.05, 4.69) is 30.6 Å². The zero-order valence-corrected chi connectivity index (χ0v) is 12.7. The maximum atomic E-state index is 5.65. The molecular weight excluding hydrogens is 222 g/mol. The SMILES string of the molecule is CCC(CCN)CCCN1CCN(C(C)C)CC1. The lowest BCUT2D eigenvalue weighted by Gasteiger charge is -2.37. The van der Waals surface area contributed by atoms with Crippen LogP contribution in [0.5, 0.6) is 0 Å². The van der Waals surface area contributed by atoms with Crippen LogP contribution in [0.1, 0.15) is 46.5 Å². The molecule has 0 saturated carbocycles. The first-order valence-electron chi connectivity index (χ1n) is 7.83. The van der Waals surface area contributed by atoms with Crippen molar-refractivity contribution < 1.29 is 0 Å². The molecule has 1 aliphatic rings. The fraction of sp³-hybridized carbons (Fsp3) is 1.00. The molecule has 1 fully saturated rings. The number of nitrogens with zero attached hydrogens (tertiary/aromatic N) is 2. The van der Waals surface area contributed by atoms with Gasteiger partial charge >= 0.3 is 0 Å². The van der Waals surface area contributed by atoms with Crippen LogP contribution in [0.2, 0.25) is 0 Å². The monoisotopic (exact) mass is 255 g/mol. The lowest BCUT2D eigenvalue weighted by molar-refractivity contribution is 0.106. The summed E-state index contributed by atoms with van der Waals surface area (Å²) in [7, 11) is 0. The van der Waals surface area contributed by atoms with Gasteiger partial charge < -0.3 is 10.6 Å². The molecule has 1 rings (SSSR count). The highest BCUT2D eigenvalue weighted by molar-refractivity contribution is 4.74. The minimum absolute atomic E-state index is 0.709. The van der Waals surface area contributed by atoms with Gasteiger partial charge in [-0.05, 0) is 52.1 Å². The van der Waals surface area contributed by atoms with Gasteiger partial charge in [0.15, 0.2) is 0 Å². The molecule has 0 aromatic carbocycles. The fourth-order valence-electron chi connectivity index (χ4n) is 2.90. The summed E-state index contributed by atoms with van der Waals surface area (Å²) in [6.07, 6.45) is 5.20. The molecule has 0 spiro atoms. The van der Waals surface area contributed by atoms with Crippen LogP contribution in [0.15, 0.2) is 0 Å². The minimum Gasteiger partial charge on any atom is -0.330 e. The van der Waals surface area contributed by atoms with Crippen LogP contribution in [0.3, 0.4) is 0 Å². The van der Waals surface area contributed by atoms with E-state index in [1.807, 2.05) is 0 Å². The third-order valence-corrected chi connectivity index (χ3v) is 4.38. The van der Waals surface area contributed by atoms with Crippen LogP contribution in [0, 0.1) is 5.92 Å². The molecule has 1 unspecified atom stereocenters. The zero-order chi connectivity index (χ0) is 13.4. The third kappa shape index (κ3) is 5.68. The number of hydrogen-bond donors (Lipinski definition) is 1. The molecule has 1 atom stereocenters. The average Bonchev–Trinajstić information content (AvgIpc) is 2.38. The molecule has 2 N–H and O–H groups in total. The summed E-state index contributed by atoms with van der Waals surface area (Å²) in [4.78, 5) is 5.22. The second-order valence-corrected chi connectivity index (χ2v) is 5.97. The van der Waals surface area contributed by atoms with E-state index >= 15 is 0 Å². The molecule has 0 aliphatic carbocycles. The van der Waals surface area contributed by atoms with Crippen molar-refractivity contribution in [2.24, 2.45) is 11.7 Å². The minimum atomic E-state index is 0.709. The number of piperazine rings is 1. The molecule has 0 radical (unpaired) electrons. The summed E-state index contributed by atoms with van der Waals surface area (Å²) in [6, 6.07) is 0.709. The van der Waals surface area contributed by atoms with Gasteiger partial charge in [0.05, 0.1) is 0 Å². The van der Waals surface area contributed by atoms with Crippen molar-refractivity contribution in [2.45, 2.75) is 52.5 Å². The Morgan fingerprint density at radius 3 is 2.22 bits per heavy atom. The van der Waals surface area contributed by atoms with Gasteiger partial charge in [0.2, 0.25) is 0 Å². The largest absolute Gasteiger partial charge is 0.330 e. The van der Waals surface area contributed by atoms with E-state index in [1.54, 1.807) is 0 Å². The second kappa shape index (κ2) is 8.89. The van der Waals surface area contributed by atoms with E-state index in [1.165, 1.54) is 58.4 Å². The van der Waals surface area contributed by atoms with Crippen LogP contribution in [-0.4, -0.2) is 55.1 Å². The highest BCUT2D eigenvalue weighted by Crippen LogP contribution is 2.15. The van der Waals surface area contributed by atoms with Gasteiger partial charge in [-0.2, -0.15) is 0 Å². The molecule has 1 heterocycles. The fourth-order valence-corrected chi connectivity index (χ4v) is 2.90. The number of hydrogen-bond acceptors (Lipinski definition) is 3. The van der Waals surface area contributed by atoms with E-state index in [-0.39, 0.29) is 0 Å². The third-order valence-electron chi connectivity index (χ3n) is 4.38. The molecule has 1 aliphatic heterocycles. The summed E-state index contributed by atoms with van der Waals surface area (Å²) >= 11 is 0. The zero-order valence-electron chi connectivity index (χ0n) is 12.7. The highest BCUT2D eigenvalue weighted by atomic mass is 15.3. The molecule has 108 valence electrons. The van der Waals surface area contributed by atoms with E-state index in [4.69, 9.17) is 5.73 Å². The quantitative estimate of drug-likeness (QED) is 0.721. The molecule has 1 saturated heterocycles. The van der Waals surface area contributed by atoms with Crippen molar-refractivity contribution in [3.63, 3.8) is 0 Å². The maximum absolute atomic E-state index is 5.65. The predicted octanol–water partition coefficient (Wildman–Crippen LogP) is 2.17. The van der Waals surface area contributed by atoms with Crippen LogP contribution >= 0.6 is 0 Å². The van der Waals surface area contributed by atoms with Crippen molar-refractivity contribution in [1.29, 1.82) is 0 Å². The smallest absolute Gasteiger partial charge is 0.0113 e. The average molecular weight is 255 g/mol. The number of rotatable bonds is 8. The summed E-state index contributed by atoms with van der Waals surface area (Å²) in [5.74, 6) is 0.854. The molecule has 0 amide bonds. The van der Waals surface area contributed by atoms with Gasteiger partial charge in [-0.3, -0.25) is 4.90 Å². The molecule has 18 heavy (non-hydrogen) atoms. The Balaban J connectivity index is 2.10. The molecule has 0 aromatic rings. The van der Waals surface area contributed by atoms with Gasteiger partial charge in [0.1, 0.15) is 0 Å². The van der Waals surface area contributed by atoms with Crippen molar-refractivity contribution in [1.82, 2.24) is 9.80 Å². The van der Waals surface area contributed by atoms with Crippen molar-refractivity contribution in [3.8, 4) is 0 Å². The van der Waals surface area contributed by atoms with Gasteiger partial charge in [0, 0.05) is 32.2 Å². The molecule has 3 nitrogen and oxygen atoms in total. The summed E-state index contributed by atoms with van der Waals surface area (Å²) in [6.45, 7) is 14.0. The van der Waals surface area contributed by atoms with Crippen LogP contribution in [0.4, 0.5) is 0 Å². The lowest BCUT2D eigenvalue weighted by Crippen LogP contribution is -2.48. The van der Waals surface area contributed by atoms with Crippen LogP contribution < -0.4 is 5.73 Å². The standard InChI is InChI=1S/C15H33N3/c1-4-15(7-8-16)6-5-9-17-10-12-18(13-11-17)14(2)3/h14-15H,4-13,16H2,1-3H3. The topological polar surface area (TPSA) is 32.5 Å². The summed E-state index contributed by atoms with van der Waals surface area (Å²) in [5.41, 5.74) is 5.65. The van der Waals surface area contributed by atoms with Gasteiger partial charge in [-0.25, -0.2) is 0 Å². The van der Waals surface area contributed by atoms with Crippen LogP contribution in [-0.2, 0) is 0 Å². The molecular formula is C15H33N3. The van der Waals surface area contributed by atoms with Gasteiger partial charge in [-0.15, -0.1) is 0 Å². The first-order valence-corrected chi connectivity index (χ1v) is 7.83. The second-order valence-electron chi connectivity index (χ2n) is 5.97. The Kier molecular flexibility index (Phi) is 7.87. The summed E-state index contributed by atoms with van der Waals surface area (Å²) < 4.78 is 0. The molecule has 0 aromatic heterocycles. The van der Waals surface area contributed by atoms with Gasteiger partial charge in [0.25, 0.3) is 0 Å². The predicted molar refractivity (Wildman–Crippen MR) is 79.8 cm³/mol. The van der Waals surface area contributed by atoms with E-state index in [9.17, 15) is 0 Å². The van der Waals surface area contributed by atoms with E-state index < -0.39 is 0 Å². The van der Waals surface area contributed by atoms with Crippen molar-refractivity contribution >= 4 is 0 Å². The Labute approximate surface area is 114 Å². The Morgan fingerprint density at radius 2 is 1.72 bits per heavy atom. The van der Waals surface area contributed by atoms with Crippen molar-refractivity contribution in [3.05, 3.63) is 0 Å². The Bertz CT molecular complexity index is 198. The molecule has 3 heteroatoms. The maximum Gasteiger partial charge on any atom is 0.0113 e. The first-order chi connectivity index (χ1) is 8.67. The highest BCUT2D eigenvalue weighted by Gasteiger charge is 2.18. The summed E-state index contributed by atoms with van der Waals surface area (Å²) in [5, 5.41) is 0. The molecule has 0 bridgehead atoms. The van der Waals surface area contributed by atoms with Gasteiger partial charge in [-0.1, -0.05) is 13.3 Å². The first kappa shape index (κ1) is 15.9. The lowest BCUT2D eigenvalue weighted by atomic mass is 9.96. The normalized spacial score (nSPS) is 20.5. The Morgan fingerprint density at radius 1 is 1.06 bits per heavy atom. The number of nitrogens with two attached hydrogens (primary N) is 1. The van der Waals surface area contributed by atoms with Crippen LogP contribution in [0.25, 0.3) is 0 Å². The van der Waals surface area contributed by atoms with E-state index in [0.717, 1.165) is 12.5 Å². The van der Waals surface area contributed by atoms with Crippen molar-refractivity contribution in [2.75, 3.05) is 39.3 Å². The Hall–Kier alpha value is -0.120.